The molecule has 1 fully saturated rings. The number of piperidine rings is 1. The van der Waals surface area contributed by atoms with Gasteiger partial charge < -0.3 is 9.64 Å². The maximum atomic E-state index is 13.0. The predicted molar refractivity (Wildman–Crippen MR) is 90.1 cm³/mol. The van der Waals surface area contributed by atoms with Crippen molar-refractivity contribution in [3.8, 4) is 11.6 Å². The second-order valence-corrected chi connectivity index (χ2v) is 6.20. The average Bonchev–Trinajstić information content (AvgIpc) is 2.68. The lowest BCUT2D eigenvalue weighted by molar-refractivity contribution is -0.141. The zero-order chi connectivity index (χ0) is 20.3. The number of ether oxygens (including phenoxy) is 1. The van der Waals surface area contributed by atoms with Gasteiger partial charge in [0.2, 0.25) is 5.88 Å². The molecule has 28 heavy (non-hydrogen) atoms. The van der Waals surface area contributed by atoms with Crippen molar-refractivity contribution in [1.29, 1.82) is 0 Å². The largest absolute Gasteiger partial charge is 0.436 e. The molecule has 0 bridgehead atoms. The molecule has 0 unspecified atom stereocenters. The lowest BCUT2D eigenvalue weighted by Crippen LogP contribution is -2.38. The maximum Gasteiger partial charge on any atom is 0.433 e. The molecule has 0 radical (unpaired) electrons. The van der Waals surface area contributed by atoms with Crippen LogP contribution in [-0.2, 0) is 11.0 Å². The normalized spacial score (nSPS) is 15.4. The third kappa shape index (κ3) is 4.44. The third-order valence-electron chi connectivity index (χ3n) is 4.33. The molecule has 148 valence electrons. The van der Waals surface area contributed by atoms with Gasteiger partial charge in [0.25, 0.3) is 5.91 Å². The number of pyridine rings is 1. The Bertz CT molecular complexity index is 863. The number of aromatic nitrogens is 3. The molecule has 6 nitrogen and oxygen atoms in total. The molecule has 1 aliphatic heterocycles. The van der Waals surface area contributed by atoms with Gasteiger partial charge in [0.1, 0.15) is 17.1 Å². The predicted octanol–water partition coefficient (Wildman–Crippen LogP) is 3.87. The fourth-order valence-corrected chi connectivity index (χ4v) is 2.94. The van der Waals surface area contributed by atoms with Crippen LogP contribution in [0.25, 0.3) is 0 Å². The van der Waals surface area contributed by atoms with Gasteiger partial charge in [-0.3, -0.25) is 9.78 Å². The van der Waals surface area contributed by atoms with Crippen molar-refractivity contribution >= 4 is 5.91 Å². The van der Waals surface area contributed by atoms with Crippen molar-refractivity contribution in [3.05, 3.63) is 54.5 Å². The highest BCUT2D eigenvalue weighted by Crippen LogP contribution is 2.34. The summed E-state index contributed by atoms with van der Waals surface area (Å²) in [5.74, 6) is -1.58. The minimum Gasteiger partial charge on any atom is -0.436 e. The van der Waals surface area contributed by atoms with E-state index >= 15 is 0 Å². The van der Waals surface area contributed by atoms with Crippen molar-refractivity contribution in [2.45, 2.75) is 24.9 Å². The monoisotopic (exact) mass is 396 g/mol. The van der Waals surface area contributed by atoms with Gasteiger partial charge in [0.15, 0.2) is 5.83 Å². The lowest BCUT2D eigenvalue weighted by atomic mass is 9.93. The second kappa shape index (κ2) is 7.91. The van der Waals surface area contributed by atoms with Crippen LogP contribution in [0.15, 0.2) is 43.1 Å². The Morgan fingerprint density at radius 1 is 1.14 bits per heavy atom. The van der Waals surface area contributed by atoms with Crippen LogP contribution in [0, 0.1) is 0 Å². The van der Waals surface area contributed by atoms with Gasteiger partial charge in [-0.25, -0.2) is 14.4 Å². The summed E-state index contributed by atoms with van der Waals surface area (Å²) in [5, 5.41) is 0. The fraction of sp³-hybridized carbons (Fsp3) is 0.333. The first-order valence-corrected chi connectivity index (χ1v) is 8.41. The minimum absolute atomic E-state index is 0.0936. The summed E-state index contributed by atoms with van der Waals surface area (Å²) in [6, 6.07) is 1.97. The SMILES string of the molecule is C=C(F)C(=O)N1CCC(c2nccnc2Oc2ccc(C(F)(F)F)nc2)CC1. The summed E-state index contributed by atoms with van der Waals surface area (Å²) in [4.78, 5) is 24.8. The van der Waals surface area contributed by atoms with Crippen molar-refractivity contribution < 1.29 is 27.1 Å². The van der Waals surface area contributed by atoms with Crippen LogP contribution in [0.1, 0.15) is 30.1 Å². The zero-order valence-electron chi connectivity index (χ0n) is 14.6. The van der Waals surface area contributed by atoms with Crippen LogP contribution < -0.4 is 4.74 Å². The molecule has 0 N–H and O–H groups in total. The summed E-state index contributed by atoms with van der Waals surface area (Å²) in [7, 11) is 0. The molecule has 1 saturated heterocycles. The molecule has 0 saturated carbocycles. The first kappa shape index (κ1) is 19.7. The molecule has 2 aromatic heterocycles. The van der Waals surface area contributed by atoms with Crippen LogP contribution in [-0.4, -0.2) is 38.8 Å². The number of carbonyl (C=O) groups excluding carboxylic acids is 1. The van der Waals surface area contributed by atoms with E-state index in [1.54, 1.807) is 0 Å². The average molecular weight is 396 g/mol. The van der Waals surface area contributed by atoms with E-state index < -0.39 is 23.6 Å². The number of likely N-dealkylation sites (tertiary alicyclic amines) is 1. The molecule has 0 aromatic carbocycles. The Labute approximate surface area is 157 Å². The molecule has 3 heterocycles. The highest BCUT2D eigenvalue weighted by atomic mass is 19.4. The van der Waals surface area contributed by atoms with Crippen LogP contribution in [0.4, 0.5) is 17.6 Å². The van der Waals surface area contributed by atoms with Gasteiger partial charge in [-0.2, -0.15) is 13.2 Å². The number of carbonyl (C=O) groups is 1. The number of halogens is 4. The molecule has 10 heteroatoms. The minimum atomic E-state index is -4.54. The molecule has 0 atom stereocenters. The van der Waals surface area contributed by atoms with Gasteiger partial charge in [-0.05, 0) is 25.0 Å². The van der Waals surface area contributed by atoms with Crippen molar-refractivity contribution in [2.24, 2.45) is 0 Å². The van der Waals surface area contributed by atoms with E-state index in [0.29, 0.717) is 31.6 Å². The van der Waals surface area contributed by atoms with Gasteiger partial charge in [0, 0.05) is 31.4 Å². The van der Waals surface area contributed by atoms with Crippen LogP contribution in [0.2, 0.25) is 0 Å². The second-order valence-electron chi connectivity index (χ2n) is 6.20. The molecule has 0 spiro atoms. The quantitative estimate of drug-likeness (QED) is 0.580. The Morgan fingerprint density at radius 3 is 2.39 bits per heavy atom. The topological polar surface area (TPSA) is 68.2 Å². The molecule has 0 aliphatic carbocycles. The van der Waals surface area contributed by atoms with E-state index in [0.717, 1.165) is 18.3 Å². The van der Waals surface area contributed by atoms with E-state index in [1.807, 2.05) is 0 Å². The number of hydrogen-bond acceptors (Lipinski definition) is 5. The van der Waals surface area contributed by atoms with Crippen molar-refractivity contribution in [3.63, 3.8) is 0 Å². The van der Waals surface area contributed by atoms with E-state index in [4.69, 9.17) is 4.74 Å². The number of nitrogens with zero attached hydrogens (tertiary/aromatic N) is 4. The van der Waals surface area contributed by atoms with Crippen molar-refractivity contribution in [1.82, 2.24) is 19.9 Å². The molecule has 1 amide bonds. The summed E-state index contributed by atoms with van der Waals surface area (Å²) in [6.07, 6.45) is 0.344. The highest BCUT2D eigenvalue weighted by molar-refractivity contribution is 5.90. The summed E-state index contributed by atoms with van der Waals surface area (Å²) in [5.41, 5.74) is -0.501. The number of rotatable bonds is 4. The Balaban J connectivity index is 1.72. The maximum absolute atomic E-state index is 13.0. The molecular weight excluding hydrogens is 380 g/mol. The number of amides is 1. The highest BCUT2D eigenvalue weighted by Gasteiger charge is 2.32. The summed E-state index contributed by atoms with van der Waals surface area (Å²) in [6.45, 7) is 3.66. The smallest absolute Gasteiger partial charge is 0.433 e. The third-order valence-corrected chi connectivity index (χ3v) is 4.33. The zero-order valence-corrected chi connectivity index (χ0v) is 14.6. The van der Waals surface area contributed by atoms with Gasteiger partial charge in [0.05, 0.1) is 6.20 Å². The van der Waals surface area contributed by atoms with Crippen LogP contribution in [0.3, 0.4) is 0 Å². The summed E-state index contributed by atoms with van der Waals surface area (Å²) >= 11 is 0. The van der Waals surface area contributed by atoms with Crippen molar-refractivity contribution in [2.75, 3.05) is 13.1 Å². The molecule has 1 aliphatic rings. The van der Waals surface area contributed by atoms with E-state index in [9.17, 15) is 22.4 Å². The fourth-order valence-electron chi connectivity index (χ4n) is 2.94. The first-order valence-electron chi connectivity index (χ1n) is 8.41. The summed E-state index contributed by atoms with van der Waals surface area (Å²) < 4.78 is 56.4. The Morgan fingerprint density at radius 2 is 1.82 bits per heavy atom. The Kier molecular flexibility index (Phi) is 5.57. The number of hydrogen-bond donors (Lipinski definition) is 0. The molecular formula is C18H16F4N4O2. The van der Waals surface area contributed by atoms with E-state index in [-0.39, 0.29) is 17.5 Å². The van der Waals surface area contributed by atoms with Gasteiger partial charge in [-0.1, -0.05) is 6.58 Å². The first-order chi connectivity index (χ1) is 13.3. The van der Waals surface area contributed by atoms with Crippen LogP contribution in [0.5, 0.6) is 11.6 Å². The van der Waals surface area contributed by atoms with E-state index in [2.05, 4.69) is 21.5 Å². The van der Waals surface area contributed by atoms with Gasteiger partial charge in [-0.15, -0.1) is 0 Å². The Hall–Kier alpha value is -3.04. The van der Waals surface area contributed by atoms with Crippen LogP contribution >= 0.6 is 0 Å². The molecule has 3 rings (SSSR count). The van der Waals surface area contributed by atoms with E-state index in [1.165, 1.54) is 17.3 Å². The van der Waals surface area contributed by atoms with Gasteiger partial charge >= 0.3 is 6.18 Å². The molecule has 2 aromatic rings. The standard InChI is InChI=1S/C18H16F4N4O2/c1-11(19)17(27)26-8-4-12(5-9-26)15-16(24-7-6-23-15)28-13-2-3-14(25-10-13)18(20,21)22/h2-3,6-7,10,12H,1,4-5,8-9H2. The number of alkyl halides is 3. The lowest BCUT2D eigenvalue weighted by Gasteiger charge is -2.31.